The Morgan fingerprint density at radius 3 is 2.76 bits per heavy atom. The van der Waals surface area contributed by atoms with Crippen LogP contribution in [-0.2, 0) is 5.54 Å². The zero-order valence-corrected chi connectivity index (χ0v) is 10.1. The van der Waals surface area contributed by atoms with Crippen LogP contribution < -0.4 is 10.1 Å². The fraction of sp³-hybridized carbons (Fsp3) is 0.571. The SMILES string of the molecule is COc1ccc(C2(C3CC3)CCCN2)c(F)c1. The molecule has 1 aliphatic carbocycles. The Morgan fingerprint density at radius 1 is 1.41 bits per heavy atom. The number of rotatable bonds is 3. The summed E-state index contributed by atoms with van der Waals surface area (Å²) in [6.45, 7) is 1.00. The highest BCUT2D eigenvalue weighted by Crippen LogP contribution is 2.51. The minimum absolute atomic E-state index is 0.101. The molecule has 0 radical (unpaired) electrons. The first-order valence-electron chi connectivity index (χ1n) is 6.35. The van der Waals surface area contributed by atoms with Crippen LogP contribution in [0.1, 0.15) is 31.2 Å². The highest BCUT2D eigenvalue weighted by molar-refractivity contribution is 5.36. The highest BCUT2D eigenvalue weighted by atomic mass is 19.1. The van der Waals surface area contributed by atoms with Crippen LogP contribution in [0.3, 0.4) is 0 Å². The van der Waals surface area contributed by atoms with Crippen molar-refractivity contribution in [1.29, 1.82) is 0 Å². The van der Waals surface area contributed by atoms with Gasteiger partial charge >= 0.3 is 0 Å². The molecule has 3 heteroatoms. The van der Waals surface area contributed by atoms with Gasteiger partial charge in [-0.2, -0.15) is 0 Å². The van der Waals surface area contributed by atoms with Gasteiger partial charge in [-0.15, -0.1) is 0 Å². The molecule has 3 rings (SSSR count). The third kappa shape index (κ3) is 1.73. The molecule has 1 aliphatic heterocycles. The third-order valence-corrected chi connectivity index (χ3v) is 4.12. The molecule has 1 saturated heterocycles. The summed E-state index contributed by atoms with van der Waals surface area (Å²) >= 11 is 0. The maximum absolute atomic E-state index is 14.2. The average Bonchev–Trinajstić information content (AvgIpc) is 3.09. The van der Waals surface area contributed by atoms with E-state index in [9.17, 15) is 4.39 Å². The van der Waals surface area contributed by atoms with Crippen molar-refractivity contribution in [3.05, 3.63) is 29.6 Å². The van der Waals surface area contributed by atoms with E-state index >= 15 is 0 Å². The van der Waals surface area contributed by atoms with Gasteiger partial charge in [-0.3, -0.25) is 0 Å². The molecule has 0 amide bonds. The molecule has 0 spiro atoms. The fourth-order valence-electron chi connectivity index (χ4n) is 3.13. The van der Waals surface area contributed by atoms with Crippen molar-refractivity contribution in [1.82, 2.24) is 5.32 Å². The van der Waals surface area contributed by atoms with Gasteiger partial charge in [0.15, 0.2) is 0 Å². The molecule has 1 aromatic rings. The van der Waals surface area contributed by atoms with E-state index in [2.05, 4.69) is 5.32 Å². The van der Waals surface area contributed by atoms with Crippen molar-refractivity contribution in [2.24, 2.45) is 5.92 Å². The molecule has 1 saturated carbocycles. The van der Waals surface area contributed by atoms with E-state index < -0.39 is 0 Å². The molecule has 0 bridgehead atoms. The van der Waals surface area contributed by atoms with Gasteiger partial charge in [-0.05, 0) is 44.2 Å². The topological polar surface area (TPSA) is 21.3 Å². The van der Waals surface area contributed by atoms with Gasteiger partial charge in [0.2, 0.25) is 0 Å². The Morgan fingerprint density at radius 2 is 2.24 bits per heavy atom. The van der Waals surface area contributed by atoms with Crippen LogP contribution >= 0.6 is 0 Å². The first-order valence-corrected chi connectivity index (χ1v) is 6.35. The lowest BCUT2D eigenvalue weighted by Crippen LogP contribution is -2.39. The number of ether oxygens (including phenoxy) is 1. The van der Waals surface area contributed by atoms with E-state index in [1.54, 1.807) is 7.11 Å². The summed E-state index contributed by atoms with van der Waals surface area (Å²) < 4.78 is 19.3. The van der Waals surface area contributed by atoms with Gasteiger partial charge < -0.3 is 10.1 Å². The number of hydrogen-bond donors (Lipinski definition) is 1. The van der Waals surface area contributed by atoms with Crippen LogP contribution in [0.15, 0.2) is 18.2 Å². The second-order valence-corrected chi connectivity index (χ2v) is 5.12. The van der Waals surface area contributed by atoms with Crippen LogP contribution in [0.5, 0.6) is 5.75 Å². The Hall–Kier alpha value is -1.09. The molecule has 1 N–H and O–H groups in total. The Labute approximate surface area is 101 Å². The molecule has 2 fully saturated rings. The van der Waals surface area contributed by atoms with Crippen molar-refractivity contribution >= 4 is 0 Å². The minimum Gasteiger partial charge on any atom is -0.497 e. The summed E-state index contributed by atoms with van der Waals surface area (Å²) in [5.41, 5.74) is 0.731. The van der Waals surface area contributed by atoms with Crippen LogP contribution in [0, 0.1) is 11.7 Å². The number of benzene rings is 1. The average molecular weight is 235 g/mol. The van der Waals surface area contributed by atoms with Crippen molar-refractivity contribution < 1.29 is 9.13 Å². The van der Waals surface area contributed by atoms with Crippen molar-refractivity contribution in [2.45, 2.75) is 31.2 Å². The molecule has 17 heavy (non-hydrogen) atoms. The zero-order chi connectivity index (χ0) is 11.9. The largest absolute Gasteiger partial charge is 0.497 e. The monoisotopic (exact) mass is 235 g/mol. The second kappa shape index (κ2) is 3.98. The summed E-state index contributed by atoms with van der Waals surface area (Å²) in [7, 11) is 1.57. The van der Waals surface area contributed by atoms with E-state index in [1.807, 2.05) is 12.1 Å². The predicted octanol–water partition coefficient (Wildman–Crippen LogP) is 2.82. The van der Waals surface area contributed by atoms with Crippen LogP contribution in [0.4, 0.5) is 4.39 Å². The second-order valence-electron chi connectivity index (χ2n) is 5.12. The number of nitrogens with one attached hydrogen (secondary N) is 1. The lowest BCUT2D eigenvalue weighted by Gasteiger charge is -2.31. The van der Waals surface area contributed by atoms with Gasteiger partial charge in [-0.25, -0.2) is 4.39 Å². The molecule has 1 atom stereocenters. The predicted molar refractivity (Wildman–Crippen MR) is 64.6 cm³/mol. The molecule has 1 aromatic carbocycles. The van der Waals surface area contributed by atoms with E-state index in [4.69, 9.17) is 4.74 Å². The third-order valence-electron chi connectivity index (χ3n) is 4.12. The number of hydrogen-bond acceptors (Lipinski definition) is 2. The summed E-state index contributed by atoms with van der Waals surface area (Å²) in [6, 6.07) is 5.26. The van der Waals surface area contributed by atoms with Crippen molar-refractivity contribution in [3.8, 4) is 5.75 Å². The van der Waals surface area contributed by atoms with Crippen molar-refractivity contribution in [2.75, 3.05) is 13.7 Å². The van der Waals surface area contributed by atoms with Crippen LogP contribution in [0.2, 0.25) is 0 Å². The maximum Gasteiger partial charge on any atom is 0.131 e. The lowest BCUT2D eigenvalue weighted by molar-refractivity contribution is 0.320. The van der Waals surface area contributed by atoms with Gasteiger partial charge in [-0.1, -0.05) is 6.07 Å². The van der Waals surface area contributed by atoms with Crippen LogP contribution in [0.25, 0.3) is 0 Å². The number of halogens is 1. The van der Waals surface area contributed by atoms with Crippen LogP contribution in [-0.4, -0.2) is 13.7 Å². The molecule has 2 nitrogen and oxygen atoms in total. The lowest BCUT2D eigenvalue weighted by atomic mass is 9.83. The molecule has 92 valence electrons. The minimum atomic E-state index is -0.134. The fourth-order valence-corrected chi connectivity index (χ4v) is 3.13. The number of methoxy groups -OCH3 is 1. The molecule has 2 aliphatic rings. The van der Waals surface area contributed by atoms with Gasteiger partial charge in [0.25, 0.3) is 0 Å². The Balaban J connectivity index is 2.01. The quantitative estimate of drug-likeness (QED) is 0.869. The molecule has 1 heterocycles. The summed E-state index contributed by atoms with van der Waals surface area (Å²) in [6.07, 6.45) is 4.64. The molecular formula is C14H18FNO. The maximum atomic E-state index is 14.2. The van der Waals surface area contributed by atoms with E-state index in [1.165, 1.54) is 18.9 Å². The molecule has 0 aromatic heterocycles. The Kier molecular flexibility index (Phi) is 2.58. The summed E-state index contributed by atoms with van der Waals surface area (Å²) in [5.74, 6) is 1.08. The molecular weight excluding hydrogens is 217 g/mol. The molecule has 1 unspecified atom stereocenters. The first-order chi connectivity index (χ1) is 8.26. The summed E-state index contributed by atoms with van der Waals surface area (Å²) in [5, 5.41) is 3.55. The van der Waals surface area contributed by atoms with Gasteiger partial charge in [0.1, 0.15) is 11.6 Å². The smallest absolute Gasteiger partial charge is 0.131 e. The van der Waals surface area contributed by atoms with E-state index in [0.29, 0.717) is 11.7 Å². The van der Waals surface area contributed by atoms with Crippen molar-refractivity contribution in [3.63, 3.8) is 0 Å². The normalized spacial score (nSPS) is 28.4. The van der Waals surface area contributed by atoms with Gasteiger partial charge in [0.05, 0.1) is 7.11 Å². The van der Waals surface area contributed by atoms with E-state index in [0.717, 1.165) is 24.9 Å². The van der Waals surface area contributed by atoms with Gasteiger partial charge in [0, 0.05) is 17.2 Å². The Bertz CT molecular complexity index is 422. The van der Waals surface area contributed by atoms with E-state index in [-0.39, 0.29) is 11.4 Å². The first kappa shape index (κ1) is 11.0. The standard InChI is InChI=1S/C14H18FNO/c1-17-11-5-6-12(13(15)9-11)14(10-3-4-10)7-2-8-16-14/h5-6,9-10,16H,2-4,7-8H2,1H3. The summed E-state index contributed by atoms with van der Waals surface area (Å²) in [4.78, 5) is 0. The zero-order valence-electron chi connectivity index (χ0n) is 10.1. The highest BCUT2D eigenvalue weighted by Gasteiger charge is 2.49.